The molecule has 2 aliphatic rings. The minimum Gasteiger partial charge on any atom is -0.334 e. The van der Waals surface area contributed by atoms with Gasteiger partial charge in [-0.1, -0.05) is 103 Å². The summed E-state index contributed by atoms with van der Waals surface area (Å²) < 4.78 is 0. The van der Waals surface area contributed by atoms with E-state index in [9.17, 15) is 0 Å². The summed E-state index contributed by atoms with van der Waals surface area (Å²) in [7, 11) is 5.83. The topological polar surface area (TPSA) is 3.24 Å². The second-order valence-electron chi connectivity index (χ2n) is 8.40. The van der Waals surface area contributed by atoms with E-state index in [1.54, 1.807) is 0 Å². The highest BCUT2D eigenvalue weighted by atomic mass is 15.2. The predicted octanol–water partition coefficient (Wildman–Crippen LogP) is 6.63. The van der Waals surface area contributed by atoms with Gasteiger partial charge in [0.1, 0.15) is 7.85 Å². The molecule has 32 heavy (non-hydrogen) atoms. The van der Waals surface area contributed by atoms with E-state index in [4.69, 9.17) is 7.85 Å². The first-order chi connectivity index (χ1) is 15.8. The fourth-order valence-corrected chi connectivity index (χ4v) is 4.52. The van der Waals surface area contributed by atoms with Gasteiger partial charge in [-0.2, -0.15) is 0 Å². The minimum atomic E-state index is 0.322. The lowest BCUT2D eigenvalue weighted by molar-refractivity contribution is 0.785. The summed E-state index contributed by atoms with van der Waals surface area (Å²) in [6.07, 6.45) is 17.7. The highest BCUT2D eigenvalue weighted by Crippen LogP contribution is 2.34. The molecule has 0 aliphatic heterocycles. The van der Waals surface area contributed by atoms with Crippen molar-refractivity contribution in [2.75, 3.05) is 4.90 Å². The van der Waals surface area contributed by atoms with E-state index in [0.717, 1.165) is 18.3 Å². The van der Waals surface area contributed by atoms with Gasteiger partial charge in [0.25, 0.3) is 0 Å². The first kappa shape index (κ1) is 20.4. The Balaban J connectivity index is 1.36. The van der Waals surface area contributed by atoms with Crippen molar-refractivity contribution in [1.29, 1.82) is 0 Å². The number of hydrogen-bond donors (Lipinski definition) is 0. The van der Waals surface area contributed by atoms with E-state index < -0.39 is 0 Å². The molecule has 0 N–H and O–H groups in total. The Morgan fingerprint density at radius 2 is 1.47 bits per heavy atom. The molecular weight excluding hydrogens is 385 g/mol. The van der Waals surface area contributed by atoms with E-state index in [-0.39, 0.29) is 0 Å². The van der Waals surface area contributed by atoms with Crippen molar-refractivity contribution in [3.8, 4) is 0 Å². The van der Waals surface area contributed by atoms with Crippen LogP contribution in [-0.2, 0) is 0 Å². The normalized spacial score (nSPS) is 19.6. The fraction of sp³-hybridized carbons (Fsp3) is 0.133. The molecule has 154 valence electrons. The van der Waals surface area contributed by atoms with Crippen LogP contribution in [0.25, 0.3) is 5.57 Å². The highest BCUT2D eigenvalue weighted by molar-refractivity contribution is 6.32. The summed E-state index contributed by atoms with van der Waals surface area (Å²) in [6, 6.07) is 28.2. The number of anilines is 2. The van der Waals surface area contributed by atoms with Crippen LogP contribution in [0.1, 0.15) is 29.9 Å². The summed E-state index contributed by atoms with van der Waals surface area (Å²) in [6.45, 7) is 0. The molecule has 1 nitrogen and oxygen atoms in total. The first-order valence-corrected chi connectivity index (χ1v) is 11.3. The number of nitrogens with zero attached hydrogens (tertiary/aromatic N) is 1. The summed E-state index contributed by atoms with van der Waals surface area (Å²) in [4.78, 5) is 2.42. The number of benzene rings is 3. The number of allylic oxidation sites excluding steroid dienone is 6. The predicted molar refractivity (Wildman–Crippen MR) is 138 cm³/mol. The Kier molecular flexibility index (Phi) is 5.94. The molecule has 0 bridgehead atoms. The maximum atomic E-state index is 5.83. The van der Waals surface area contributed by atoms with Crippen molar-refractivity contribution in [3.05, 3.63) is 133 Å². The zero-order chi connectivity index (χ0) is 21.8. The third kappa shape index (κ3) is 4.41. The second-order valence-corrected chi connectivity index (χ2v) is 8.40. The lowest BCUT2D eigenvalue weighted by atomic mass is 9.86. The maximum absolute atomic E-state index is 5.83. The quantitative estimate of drug-likeness (QED) is 0.426. The van der Waals surface area contributed by atoms with Crippen molar-refractivity contribution in [1.82, 2.24) is 0 Å². The van der Waals surface area contributed by atoms with Crippen LogP contribution in [-0.4, -0.2) is 13.9 Å². The average Bonchev–Trinajstić information content (AvgIpc) is 2.87. The number of para-hydroxylation sites is 1. The molecule has 2 heteroatoms. The van der Waals surface area contributed by atoms with Crippen molar-refractivity contribution in [2.24, 2.45) is 0 Å². The lowest BCUT2D eigenvalue weighted by Gasteiger charge is -2.32. The summed E-state index contributed by atoms with van der Waals surface area (Å²) in [5.74, 6) is 0.415. The van der Waals surface area contributed by atoms with Crippen LogP contribution in [0.3, 0.4) is 0 Å². The molecule has 0 amide bonds. The highest BCUT2D eigenvalue weighted by Gasteiger charge is 2.19. The molecule has 0 spiro atoms. The smallest absolute Gasteiger partial charge is 0.113 e. The maximum Gasteiger partial charge on any atom is 0.113 e. The van der Waals surface area contributed by atoms with Crippen molar-refractivity contribution >= 4 is 30.3 Å². The SMILES string of the molecule is [B]c1ccc(C2C=CC(c3ccc(N(c4ccccc4)C4C=CC=CC4)cc3)=CC2)cc1. The third-order valence-electron chi connectivity index (χ3n) is 6.27. The molecule has 3 aromatic carbocycles. The van der Waals surface area contributed by atoms with Gasteiger partial charge in [-0.15, -0.1) is 0 Å². The largest absolute Gasteiger partial charge is 0.334 e. The molecule has 0 heterocycles. The van der Waals surface area contributed by atoms with E-state index >= 15 is 0 Å². The van der Waals surface area contributed by atoms with Crippen LogP contribution >= 0.6 is 0 Å². The van der Waals surface area contributed by atoms with E-state index in [2.05, 4.69) is 114 Å². The van der Waals surface area contributed by atoms with Gasteiger partial charge in [-0.05, 0) is 53.8 Å². The van der Waals surface area contributed by atoms with Gasteiger partial charge in [0.2, 0.25) is 0 Å². The first-order valence-electron chi connectivity index (χ1n) is 11.3. The van der Waals surface area contributed by atoms with E-state index in [0.29, 0.717) is 12.0 Å². The molecular formula is C30H26BN. The van der Waals surface area contributed by atoms with Gasteiger partial charge >= 0.3 is 0 Å². The van der Waals surface area contributed by atoms with Crippen LogP contribution in [0.15, 0.2) is 121 Å². The van der Waals surface area contributed by atoms with Crippen LogP contribution in [0, 0.1) is 0 Å². The monoisotopic (exact) mass is 411 g/mol. The third-order valence-corrected chi connectivity index (χ3v) is 6.27. The molecule has 3 aromatic rings. The van der Waals surface area contributed by atoms with Crippen LogP contribution in [0.4, 0.5) is 11.4 Å². The Hall–Kier alpha value is -3.52. The zero-order valence-electron chi connectivity index (χ0n) is 18.1. The van der Waals surface area contributed by atoms with Crippen molar-refractivity contribution in [2.45, 2.75) is 24.8 Å². The van der Waals surface area contributed by atoms with Crippen molar-refractivity contribution in [3.63, 3.8) is 0 Å². The van der Waals surface area contributed by atoms with Gasteiger partial charge in [0.05, 0.1) is 6.04 Å². The minimum absolute atomic E-state index is 0.322. The lowest BCUT2D eigenvalue weighted by Crippen LogP contribution is -2.29. The van der Waals surface area contributed by atoms with Gasteiger partial charge in [0, 0.05) is 17.3 Å². The summed E-state index contributed by atoms with van der Waals surface area (Å²) in [5, 5.41) is 0. The van der Waals surface area contributed by atoms with Crippen LogP contribution < -0.4 is 10.4 Å². The Morgan fingerprint density at radius 1 is 0.719 bits per heavy atom. The molecule has 0 saturated carbocycles. The number of rotatable bonds is 5. The second kappa shape index (κ2) is 9.32. The van der Waals surface area contributed by atoms with E-state index in [1.165, 1.54) is 28.1 Å². The standard InChI is InChI=1S/C30H26BN/c31-27-19-15-25(16-20-27)23-11-13-24(14-12-23)26-17-21-30(22-18-26)32(28-7-3-1-4-8-28)29-9-5-2-6-10-29/h1-9,11,13-23,29H,10,12H2. The summed E-state index contributed by atoms with van der Waals surface area (Å²) >= 11 is 0. The molecule has 2 radical (unpaired) electrons. The molecule has 0 saturated heterocycles. The van der Waals surface area contributed by atoms with Gasteiger partial charge in [-0.3, -0.25) is 0 Å². The van der Waals surface area contributed by atoms with Gasteiger partial charge in [0.15, 0.2) is 0 Å². The van der Waals surface area contributed by atoms with Crippen LogP contribution in [0.2, 0.25) is 0 Å². The molecule has 0 fully saturated rings. The fourth-order valence-electron chi connectivity index (χ4n) is 4.52. The Morgan fingerprint density at radius 3 is 2.12 bits per heavy atom. The Bertz CT molecular complexity index is 1170. The van der Waals surface area contributed by atoms with E-state index in [1.807, 2.05) is 12.1 Å². The molecule has 0 aromatic heterocycles. The molecule has 2 aliphatic carbocycles. The van der Waals surface area contributed by atoms with Gasteiger partial charge < -0.3 is 4.90 Å². The van der Waals surface area contributed by atoms with Crippen LogP contribution in [0.5, 0.6) is 0 Å². The zero-order valence-corrected chi connectivity index (χ0v) is 18.1. The number of hydrogen-bond acceptors (Lipinski definition) is 1. The van der Waals surface area contributed by atoms with Gasteiger partial charge in [-0.25, -0.2) is 0 Å². The molecule has 2 atom stereocenters. The Labute approximate surface area is 192 Å². The molecule has 2 unspecified atom stereocenters. The van der Waals surface area contributed by atoms with Crippen molar-refractivity contribution < 1.29 is 0 Å². The molecule has 5 rings (SSSR count). The summed E-state index contributed by atoms with van der Waals surface area (Å²) in [5.41, 5.74) is 7.10. The average molecular weight is 411 g/mol.